The Balaban J connectivity index is 2.98. The molecule has 0 bridgehead atoms. The van der Waals surface area contributed by atoms with Crippen molar-refractivity contribution in [3.8, 4) is 0 Å². The molecule has 0 radical (unpaired) electrons. The van der Waals surface area contributed by atoms with Crippen LogP contribution in [0.3, 0.4) is 0 Å². The van der Waals surface area contributed by atoms with E-state index >= 15 is 0 Å². The molecule has 0 saturated heterocycles. The van der Waals surface area contributed by atoms with Gasteiger partial charge in [0.1, 0.15) is 0 Å². The Morgan fingerprint density at radius 3 is 2.70 bits per heavy atom. The summed E-state index contributed by atoms with van der Waals surface area (Å²) in [7, 11) is 0. The fraction of sp³-hybridized carbons (Fsp3) is 0.333. The van der Waals surface area contributed by atoms with Crippen molar-refractivity contribution < 1.29 is 19.4 Å². The van der Waals surface area contributed by atoms with Crippen LogP contribution in [0.2, 0.25) is 0 Å². The molecule has 1 aromatic carbocycles. The molecule has 0 fully saturated rings. The molecule has 0 atom stereocenters. The molecule has 0 aliphatic heterocycles. The van der Waals surface area contributed by atoms with Crippen molar-refractivity contribution in [3.05, 3.63) is 41.0 Å². The molecule has 1 amide bonds. The van der Waals surface area contributed by atoms with E-state index in [-0.39, 0.29) is 19.1 Å². The number of aliphatic hydroxyl groups excluding tert-OH is 1. The highest BCUT2D eigenvalue weighted by molar-refractivity contribution is 6.00. The third-order valence-corrected chi connectivity index (χ3v) is 2.57. The Hall–Kier alpha value is -2.14. The maximum absolute atomic E-state index is 11.9. The molecule has 0 heterocycles. The standard InChI is InChI=1S/C15H19NO4/c1-3-20-15(19)11(2)10-12-6-4-5-7-13(12)14(18)16-8-9-17/h4-7,10,17H,3,8-9H2,1-2H3,(H,16,18). The van der Waals surface area contributed by atoms with Gasteiger partial charge in [-0.05, 0) is 31.6 Å². The summed E-state index contributed by atoms with van der Waals surface area (Å²) >= 11 is 0. The number of hydrogen-bond acceptors (Lipinski definition) is 4. The van der Waals surface area contributed by atoms with Crippen LogP contribution in [0.15, 0.2) is 29.8 Å². The average Bonchev–Trinajstić information content (AvgIpc) is 2.45. The van der Waals surface area contributed by atoms with E-state index in [2.05, 4.69) is 5.32 Å². The first-order valence-corrected chi connectivity index (χ1v) is 6.43. The van der Waals surface area contributed by atoms with Gasteiger partial charge in [0, 0.05) is 17.7 Å². The Labute approximate surface area is 118 Å². The SMILES string of the molecule is CCOC(=O)C(C)=Cc1ccccc1C(=O)NCCO. The van der Waals surface area contributed by atoms with E-state index in [4.69, 9.17) is 9.84 Å². The van der Waals surface area contributed by atoms with Gasteiger partial charge in [0.15, 0.2) is 0 Å². The van der Waals surface area contributed by atoms with Gasteiger partial charge in [-0.2, -0.15) is 0 Å². The lowest BCUT2D eigenvalue weighted by Gasteiger charge is -2.08. The van der Waals surface area contributed by atoms with Gasteiger partial charge in [-0.1, -0.05) is 18.2 Å². The Morgan fingerprint density at radius 1 is 1.35 bits per heavy atom. The van der Waals surface area contributed by atoms with Gasteiger partial charge >= 0.3 is 5.97 Å². The van der Waals surface area contributed by atoms with Crippen molar-refractivity contribution in [2.75, 3.05) is 19.8 Å². The van der Waals surface area contributed by atoms with E-state index in [0.29, 0.717) is 23.3 Å². The normalized spacial score (nSPS) is 11.1. The molecule has 1 aromatic rings. The third kappa shape index (κ3) is 4.51. The van der Waals surface area contributed by atoms with E-state index in [1.54, 1.807) is 44.2 Å². The fourth-order valence-corrected chi connectivity index (χ4v) is 1.63. The lowest BCUT2D eigenvalue weighted by Crippen LogP contribution is -2.27. The van der Waals surface area contributed by atoms with Crippen LogP contribution in [0.4, 0.5) is 0 Å². The highest BCUT2D eigenvalue weighted by Crippen LogP contribution is 2.14. The van der Waals surface area contributed by atoms with Crippen LogP contribution < -0.4 is 5.32 Å². The predicted molar refractivity (Wildman–Crippen MR) is 76.1 cm³/mol. The van der Waals surface area contributed by atoms with Crippen molar-refractivity contribution in [1.29, 1.82) is 0 Å². The van der Waals surface area contributed by atoms with Crippen LogP contribution in [-0.2, 0) is 9.53 Å². The van der Waals surface area contributed by atoms with E-state index < -0.39 is 5.97 Å². The summed E-state index contributed by atoms with van der Waals surface area (Å²) in [5.74, 6) is -0.694. The highest BCUT2D eigenvalue weighted by atomic mass is 16.5. The van der Waals surface area contributed by atoms with Crippen LogP contribution in [-0.4, -0.2) is 36.7 Å². The molecule has 20 heavy (non-hydrogen) atoms. The van der Waals surface area contributed by atoms with Crippen LogP contribution >= 0.6 is 0 Å². The van der Waals surface area contributed by atoms with Crippen LogP contribution in [0.5, 0.6) is 0 Å². The zero-order chi connectivity index (χ0) is 15.0. The Morgan fingerprint density at radius 2 is 2.05 bits per heavy atom. The minimum Gasteiger partial charge on any atom is -0.463 e. The van der Waals surface area contributed by atoms with Gasteiger partial charge < -0.3 is 15.2 Å². The van der Waals surface area contributed by atoms with Crippen molar-refractivity contribution in [3.63, 3.8) is 0 Å². The average molecular weight is 277 g/mol. The minimum atomic E-state index is -0.405. The maximum Gasteiger partial charge on any atom is 0.333 e. The summed E-state index contributed by atoms with van der Waals surface area (Å²) < 4.78 is 4.90. The van der Waals surface area contributed by atoms with E-state index in [9.17, 15) is 9.59 Å². The van der Waals surface area contributed by atoms with Gasteiger partial charge in [-0.3, -0.25) is 4.79 Å². The van der Waals surface area contributed by atoms with E-state index in [1.807, 2.05) is 0 Å². The predicted octanol–water partition coefficient (Wildman–Crippen LogP) is 1.38. The minimum absolute atomic E-state index is 0.119. The number of carbonyl (C=O) groups is 2. The molecule has 108 valence electrons. The molecular weight excluding hydrogens is 258 g/mol. The van der Waals surface area contributed by atoms with Crippen molar-refractivity contribution in [2.24, 2.45) is 0 Å². The first-order chi connectivity index (χ1) is 9.60. The summed E-state index contributed by atoms with van der Waals surface area (Å²) in [5, 5.41) is 11.3. The van der Waals surface area contributed by atoms with Crippen LogP contribution in [0.1, 0.15) is 29.8 Å². The topological polar surface area (TPSA) is 75.6 Å². The van der Waals surface area contributed by atoms with Crippen LogP contribution in [0, 0.1) is 0 Å². The molecule has 0 aromatic heterocycles. The number of rotatable bonds is 6. The van der Waals surface area contributed by atoms with Gasteiger partial charge in [0.2, 0.25) is 0 Å². The molecule has 5 heteroatoms. The monoisotopic (exact) mass is 277 g/mol. The van der Waals surface area contributed by atoms with Gasteiger partial charge in [0.25, 0.3) is 5.91 Å². The van der Waals surface area contributed by atoms with Gasteiger partial charge in [0.05, 0.1) is 13.2 Å². The molecule has 0 unspecified atom stereocenters. The van der Waals surface area contributed by atoms with Gasteiger partial charge in [-0.25, -0.2) is 4.79 Å². The highest BCUT2D eigenvalue weighted by Gasteiger charge is 2.11. The van der Waals surface area contributed by atoms with E-state index in [0.717, 1.165) is 0 Å². The quantitative estimate of drug-likeness (QED) is 0.608. The zero-order valence-electron chi connectivity index (χ0n) is 11.7. The summed E-state index contributed by atoms with van der Waals surface area (Å²) in [6, 6.07) is 6.94. The molecule has 2 N–H and O–H groups in total. The molecule has 0 aliphatic carbocycles. The lowest BCUT2D eigenvalue weighted by atomic mass is 10.0. The number of aliphatic hydroxyl groups is 1. The number of amides is 1. The Bertz CT molecular complexity index is 508. The third-order valence-electron chi connectivity index (χ3n) is 2.57. The summed E-state index contributed by atoms with van der Waals surface area (Å²) in [5.41, 5.74) is 1.51. The van der Waals surface area contributed by atoms with Crippen molar-refractivity contribution in [2.45, 2.75) is 13.8 Å². The first kappa shape index (κ1) is 15.9. The molecule has 5 nitrogen and oxygen atoms in total. The number of carbonyl (C=O) groups excluding carboxylic acids is 2. The second-order valence-electron chi connectivity index (χ2n) is 4.11. The van der Waals surface area contributed by atoms with Gasteiger partial charge in [-0.15, -0.1) is 0 Å². The molecular formula is C15H19NO4. The fourth-order valence-electron chi connectivity index (χ4n) is 1.63. The molecule has 1 rings (SSSR count). The lowest BCUT2D eigenvalue weighted by molar-refractivity contribution is -0.138. The maximum atomic E-state index is 11.9. The van der Waals surface area contributed by atoms with E-state index in [1.165, 1.54) is 0 Å². The molecule has 0 aliphatic rings. The molecule has 0 saturated carbocycles. The first-order valence-electron chi connectivity index (χ1n) is 6.43. The van der Waals surface area contributed by atoms with Crippen LogP contribution in [0.25, 0.3) is 6.08 Å². The summed E-state index contributed by atoms with van der Waals surface area (Å²) in [6.07, 6.45) is 1.62. The second kappa shape index (κ2) is 8.12. The zero-order valence-corrected chi connectivity index (χ0v) is 11.7. The number of benzene rings is 1. The van der Waals surface area contributed by atoms with Crippen molar-refractivity contribution >= 4 is 18.0 Å². The number of nitrogens with one attached hydrogen (secondary N) is 1. The summed E-state index contributed by atoms with van der Waals surface area (Å²) in [4.78, 5) is 23.5. The molecule has 0 spiro atoms. The van der Waals surface area contributed by atoms with Crippen molar-refractivity contribution in [1.82, 2.24) is 5.32 Å². The smallest absolute Gasteiger partial charge is 0.333 e. The number of ether oxygens (including phenoxy) is 1. The number of hydrogen-bond donors (Lipinski definition) is 2. The number of esters is 1. The Kier molecular flexibility index (Phi) is 6.46. The summed E-state index contributed by atoms with van der Waals surface area (Å²) in [6.45, 7) is 3.75. The second-order valence-corrected chi connectivity index (χ2v) is 4.11. The largest absolute Gasteiger partial charge is 0.463 e.